The van der Waals surface area contributed by atoms with Crippen LogP contribution in [0, 0.1) is 6.92 Å². The van der Waals surface area contributed by atoms with Gasteiger partial charge >= 0.3 is 0 Å². The lowest BCUT2D eigenvalue weighted by molar-refractivity contribution is 1.29. The fourth-order valence-electron chi connectivity index (χ4n) is 1.51. The minimum atomic E-state index is 0.574. The third kappa shape index (κ3) is 1.95. The van der Waals surface area contributed by atoms with E-state index in [0.717, 1.165) is 21.1 Å². The van der Waals surface area contributed by atoms with Gasteiger partial charge < -0.3 is 11.1 Å². The lowest BCUT2D eigenvalue weighted by Gasteiger charge is -2.07. The number of nitrogens with zero attached hydrogens (tertiary/aromatic N) is 1. The Morgan fingerprint density at radius 3 is 3.00 bits per heavy atom. The zero-order valence-electron chi connectivity index (χ0n) is 8.70. The molecule has 1 aromatic carbocycles. The minimum absolute atomic E-state index is 0.574. The smallest absolute Gasteiger partial charge is 0.0972 e. The maximum Gasteiger partial charge on any atom is 0.0972 e. The van der Waals surface area contributed by atoms with Crippen molar-refractivity contribution in [2.45, 2.75) is 11.8 Å². The fraction of sp³-hybridized carbons (Fsp3) is 0.300. The molecule has 3 N–H and O–H groups in total. The Hall–Kier alpha value is -0.780. The number of benzene rings is 1. The molecule has 2 rings (SSSR count). The van der Waals surface area contributed by atoms with Crippen molar-refractivity contribution >= 4 is 39.0 Å². The van der Waals surface area contributed by atoms with Gasteiger partial charge in [0.1, 0.15) is 0 Å². The van der Waals surface area contributed by atoms with Crippen LogP contribution in [-0.2, 0) is 0 Å². The van der Waals surface area contributed by atoms with Gasteiger partial charge in [0.15, 0.2) is 0 Å². The molecule has 1 aromatic heterocycles. The van der Waals surface area contributed by atoms with Crippen molar-refractivity contribution in [2.24, 2.45) is 5.73 Å². The number of aromatic nitrogens is 1. The monoisotopic (exact) mass is 239 g/mol. The molecule has 2 aromatic rings. The number of aryl methyl sites for hydroxylation is 1. The number of rotatable bonds is 3. The highest BCUT2D eigenvalue weighted by Crippen LogP contribution is 2.35. The molecule has 80 valence electrons. The first-order chi connectivity index (χ1) is 7.26. The Kier molecular flexibility index (Phi) is 3.14. The lowest BCUT2D eigenvalue weighted by Crippen LogP contribution is -1.96. The van der Waals surface area contributed by atoms with Crippen molar-refractivity contribution in [2.75, 3.05) is 18.2 Å². The predicted octanol–water partition coefficient (Wildman–Crippen LogP) is 2.65. The molecule has 0 fully saturated rings. The van der Waals surface area contributed by atoms with E-state index in [0.29, 0.717) is 5.88 Å². The summed E-state index contributed by atoms with van der Waals surface area (Å²) in [6, 6.07) is 4.18. The molecule has 0 unspecified atom stereocenters. The van der Waals surface area contributed by atoms with Gasteiger partial charge in [-0.2, -0.15) is 0 Å². The minimum Gasteiger partial charge on any atom is -0.387 e. The average molecular weight is 239 g/mol. The first kappa shape index (κ1) is 10.7. The van der Waals surface area contributed by atoms with Gasteiger partial charge in [-0.15, -0.1) is 23.1 Å². The quantitative estimate of drug-likeness (QED) is 0.638. The summed E-state index contributed by atoms with van der Waals surface area (Å²) in [5, 5.41) is 4.26. The van der Waals surface area contributed by atoms with Crippen LogP contribution in [0.3, 0.4) is 0 Å². The summed E-state index contributed by atoms with van der Waals surface area (Å²) in [7, 11) is 1.92. The van der Waals surface area contributed by atoms with Crippen LogP contribution < -0.4 is 11.1 Å². The number of thioether (sulfide) groups is 1. The van der Waals surface area contributed by atoms with Crippen LogP contribution in [0.5, 0.6) is 0 Å². The van der Waals surface area contributed by atoms with E-state index in [4.69, 9.17) is 5.73 Å². The summed E-state index contributed by atoms with van der Waals surface area (Å²) in [6.07, 6.45) is 0. The summed E-state index contributed by atoms with van der Waals surface area (Å²) in [4.78, 5) is 5.70. The SMILES string of the molecule is CNc1ccc2sc(C)nc2c1SCN. The fourth-order valence-corrected chi connectivity index (χ4v) is 3.19. The number of fused-ring (bicyclic) bond motifs is 1. The highest BCUT2D eigenvalue weighted by Gasteiger charge is 2.10. The van der Waals surface area contributed by atoms with E-state index in [2.05, 4.69) is 22.4 Å². The summed E-state index contributed by atoms with van der Waals surface area (Å²) >= 11 is 3.35. The number of thiazole rings is 1. The van der Waals surface area contributed by atoms with E-state index in [1.165, 1.54) is 4.70 Å². The molecule has 5 heteroatoms. The van der Waals surface area contributed by atoms with Crippen molar-refractivity contribution in [3.8, 4) is 0 Å². The standard InChI is InChI=1S/C10H13N3S2/c1-6-13-9-8(15-6)4-3-7(12-2)10(9)14-5-11/h3-4,12H,5,11H2,1-2H3. The molecule has 0 amide bonds. The van der Waals surface area contributed by atoms with Crippen LogP contribution in [0.4, 0.5) is 5.69 Å². The van der Waals surface area contributed by atoms with Crippen molar-refractivity contribution in [3.63, 3.8) is 0 Å². The first-order valence-corrected chi connectivity index (χ1v) is 6.47. The Balaban J connectivity index is 2.66. The largest absolute Gasteiger partial charge is 0.387 e. The molecule has 3 nitrogen and oxygen atoms in total. The molecule has 0 spiro atoms. The van der Waals surface area contributed by atoms with E-state index in [9.17, 15) is 0 Å². The third-order valence-corrected chi connectivity index (χ3v) is 3.92. The van der Waals surface area contributed by atoms with E-state index < -0.39 is 0 Å². The van der Waals surface area contributed by atoms with Gasteiger partial charge in [0.2, 0.25) is 0 Å². The average Bonchev–Trinajstić information content (AvgIpc) is 2.60. The predicted molar refractivity (Wildman–Crippen MR) is 68.8 cm³/mol. The van der Waals surface area contributed by atoms with Gasteiger partial charge in [0, 0.05) is 18.6 Å². The summed E-state index contributed by atoms with van der Waals surface area (Å²) in [5.74, 6) is 0.574. The molecule has 0 aliphatic carbocycles. The van der Waals surface area contributed by atoms with E-state index in [-0.39, 0.29) is 0 Å². The zero-order valence-corrected chi connectivity index (χ0v) is 10.3. The Morgan fingerprint density at radius 2 is 2.33 bits per heavy atom. The maximum absolute atomic E-state index is 5.59. The highest BCUT2D eigenvalue weighted by molar-refractivity contribution is 7.99. The molecule has 15 heavy (non-hydrogen) atoms. The van der Waals surface area contributed by atoms with E-state index in [1.54, 1.807) is 23.1 Å². The molecular weight excluding hydrogens is 226 g/mol. The molecule has 0 aliphatic heterocycles. The number of nitrogens with two attached hydrogens (primary N) is 1. The summed E-state index contributed by atoms with van der Waals surface area (Å²) < 4.78 is 1.22. The van der Waals surface area contributed by atoms with E-state index >= 15 is 0 Å². The number of nitrogens with one attached hydrogen (secondary N) is 1. The number of anilines is 1. The van der Waals surface area contributed by atoms with Crippen molar-refractivity contribution in [3.05, 3.63) is 17.1 Å². The second-order valence-electron chi connectivity index (χ2n) is 3.08. The first-order valence-electron chi connectivity index (χ1n) is 4.67. The van der Waals surface area contributed by atoms with Crippen molar-refractivity contribution < 1.29 is 0 Å². The Bertz CT molecular complexity index is 479. The zero-order chi connectivity index (χ0) is 10.8. The molecule has 0 radical (unpaired) electrons. The topological polar surface area (TPSA) is 50.9 Å². The van der Waals surface area contributed by atoms with Crippen molar-refractivity contribution in [1.29, 1.82) is 0 Å². The normalized spacial score (nSPS) is 10.9. The van der Waals surface area contributed by atoms with Crippen LogP contribution in [0.1, 0.15) is 5.01 Å². The maximum atomic E-state index is 5.59. The summed E-state index contributed by atoms with van der Waals surface area (Å²) in [6.45, 7) is 2.03. The molecule has 0 bridgehead atoms. The lowest BCUT2D eigenvalue weighted by atomic mass is 10.3. The second-order valence-corrected chi connectivity index (χ2v) is 5.35. The molecule has 0 aliphatic rings. The van der Waals surface area contributed by atoms with Gasteiger partial charge in [-0.05, 0) is 19.1 Å². The molecule has 1 heterocycles. The molecule has 0 saturated heterocycles. The van der Waals surface area contributed by atoms with Crippen LogP contribution in [0.2, 0.25) is 0 Å². The van der Waals surface area contributed by atoms with Gasteiger partial charge in [-0.1, -0.05) is 0 Å². The van der Waals surface area contributed by atoms with Crippen LogP contribution in [0.25, 0.3) is 10.2 Å². The number of hydrogen-bond acceptors (Lipinski definition) is 5. The highest BCUT2D eigenvalue weighted by atomic mass is 32.2. The van der Waals surface area contributed by atoms with Gasteiger partial charge in [0.05, 0.1) is 20.1 Å². The molecular formula is C10H13N3S2. The Morgan fingerprint density at radius 1 is 1.53 bits per heavy atom. The second kappa shape index (κ2) is 4.38. The van der Waals surface area contributed by atoms with Crippen LogP contribution in [0.15, 0.2) is 17.0 Å². The Labute approximate surface area is 97.1 Å². The van der Waals surface area contributed by atoms with Crippen molar-refractivity contribution in [1.82, 2.24) is 4.98 Å². The van der Waals surface area contributed by atoms with E-state index in [1.807, 2.05) is 14.0 Å². The van der Waals surface area contributed by atoms with Crippen LogP contribution in [-0.4, -0.2) is 17.9 Å². The van der Waals surface area contributed by atoms with Gasteiger partial charge in [-0.3, -0.25) is 0 Å². The van der Waals surface area contributed by atoms with Crippen LogP contribution >= 0.6 is 23.1 Å². The molecule has 0 atom stereocenters. The van der Waals surface area contributed by atoms with Gasteiger partial charge in [-0.25, -0.2) is 4.98 Å². The third-order valence-electron chi connectivity index (χ3n) is 2.12. The molecule has 0 saturated carbocycles. The van der Waals surface area contributed by atoms with Gasteiger partial charge in [0.25, 0.3) is 0 Å². The number of hydrogen-bond donors (Lipinski definition) is 2. The summed E-state index contributed by atoms with van der Waals surface area (Å²) in [5.41, 5.74) is 7.76.